The Bertz CT molecular complexity index is 457. The van der Waals surface area contributed by atoms with Crippen LogP contribution >= 0.6 is 0 Å². The van der Waals surface area contributed by atoms with Crippen molar-refractivity contribution in [3.63, 3.8) is 0 Å². The highest BCUT2D eigenvalue weighted by atomic mass is 16.4. The van der Waals surface area contributed by atoms with E-state index in [0.717, 1.165) is 0 Å². The maximum atomic E-state index is 11.5. The first-order valence-corrected chi connectivity index (χ1v) is 4.90. The fraction of sp³-hybridized carbons (Fsp3) is 0.182. The average Bonchev–Trinajstić information content (AvgIpc) is 2.28. The maximum absolute atomic E-state index is 11.5. The van der Waals surface area contributed by atoms with Crippen molar-refractivity contribution in [3.05, 3.63) is 35.4 Å². The summed E-state index contributed by atoms with van der Waals surface area (Å²) in [5.74, 6) is -2.05. The van der Waals surface area contributed by atoms with E-state index in [2.05, 4.69) is 5.32 Å². The van der Waals surface area contributed by atoms with Gasteiger partial charge in [-0.15, -0.1) is 0 Å². The zero-order chi connectivity index (χ0) is 12.8. The van der Waals surface area contributed by atoms with Crippen LogP contribution < -0.4 is 11.1 Å². The molecule has 0 spiro atoms. The molecular formula is C11H12N2O4. The Balaban J connectivity index is 2.65. The average molecular weight is 236 g/mol. The Kier molecular flexibility index (Phi) is 4.21. The first-order valence-electron chi connectivity index (χ1n) is 4.90. The van der Waals surface area contributed by atoms with Gasteiger partial charge in [-0.3, -0.25) is 14.4 Å². The molecule has 0 saturated heterocycles. The topological polar surface area (TPSA) is 109 Å². The lowest BCUT2D eigenvalue weighted by Crippen LogP contribution is -2.26. The minimum atomic E-state index is -0.990. The van der Waals surface area contributed by atoms with Crippen LogP contribution in [0, 0.1) is 0 Å². The van der Waals surface area contributed by atoms with Crippen LogP contribution in [0.15, 0.2) is 24.3 Å². The van der Waals surface area contributed by atoms with Gasteiger partial charge in [-0.05, 0) is 18.2 Å². The summed E-state index contributed by atoms with van der Waals surface area (Å²) >= 11 is 0. The Morgan fingerprint density at radius 3 is 2.47 bits per heavy atom. The van der Waals surface area contributed by atoms with E-state index in [9.17, 15) is 14.4 Å². The summed E-state index contributed by atoms with van der Waals surface area (Å²) in [4.78, 5) is 32.7. The van der Waals surface area contributed by atoms with Crippen LogP contribution in [0.5, 0.6) is 0 Å². The number of carbonyl (C=O) groups excluding carboxylic acids is 2. The second-order valence-electron chi connectivity index (χ2n) is 3.34. The van der Waals surface area contributed by atoms with Crippen LogP contribution in [0.25, 0.3) is 0 Å². The number of carboxylic acid groups (broad SMARTS) is 1. The van der Waals surface area contributed by atoms with Gasteiger partial charge in [-0.25, -0.2) is 0 Å². The van der Waals surface area contributed by atoms with E-state index in [0.29, 0.717) is 0 Å². The number of hydrogen-bond donors (Lipinski definition) is 3. The molecule has 1 rings (SSSR count). The van der Waals surface area contributed by atoms with Crippen LogP contribution in [-0.2, 0) is 4.79 Å². The highest BCUT2D eigenvalue weighted by molar-refractivity contribution is 5.99. The van der Waals surface area contributed by atoms with E-state index in [1.165, 1.54) is 24.3 Å². The molecule has 0 aliphatic carbocycles. The van der Waals surface area contributed by atoms with Crippen LogP contribution in [0.1, 0.15) is 27.1 Å². The van der Waals surface area contributed by atoms with Crippen LogP contribution in [0.2, 0.25) is 0 Å². The molecule has 0 radical (unpaired) electrons. The normalized spacial score (nSPS) is 9.65. The summed E-state index contributed by atoms with van der Waals surface area (Å²) in [6.45, 7) is 0.0367. The number of benzene rings is 1. The molecule has 1 aromatic rings. The van der Waals surface area contributed by atoms with E-state index in [-0.39, 0.29) is 24.1 Å². The van der Waals surface area contributed by atoms with E-state index < -0.39 is 17.8 Å². The van der Waals surface area contributed by atoms with Gasteiger partial charge in [0, 0.05) is 17.7 Å². The molecule has 4 N–H and O–H groups in total. The lowest BCUT2D eigenvalue weighted by Gasteiger charge is -2.04. The third-order valence-electron chi connectivity index (χ3n) is 2.03. The third kappa shape index (κ3) is 3.94. The molecule has 90 valence electrons. The molecule has 0 aromatic heterocycles. The number of primary amides is 1. The first-order chi connectivity index (χ1) is 8.00. The van der Waals surface area contributed by atoms with Gasteiger partial charge in [0.25, 0.3) is 5.91 Å². The molecule has 1 aromatic carbocycles. The first kappa shape index (κ1) is 12.7. The van der Waals surface area contributed by atoms with E-state index in [1.54, 1.807) is 0 Å². The molecule has 17 heavy (non-hydrogen) atoms. The molecular weight excluding hydrogens is 224 g/mol. The highest BCUT2D eigenvalue weighted by Gasteiger charge is 2.08. The highest BCUT2D eigenvalue weighted by Crippen LogP contribution is 2.04. The molecule has 0 bridgehead atoms. The molecule has 0 fully saturated rings. The fourth-order valence-corrected chi connectivity index (χ4v) is 1.20. The van der Waals surface area contributed by atoms with Crippen LogP contribution in [0.3, 0.4) is 0 Å². The van der Waals surface area contributed by atoms with Gasteiger partial charge in [0.2, 0.25) is 5.91 Å². The van der Waals surface area contributed by atoms with Crippen molar-refractivity contribution in [2.75, 3.05) is 6.54 Å². The molecule has 0 atom stereocenters. The predicted molar refractivity (Wildman–Crippen MR) is 59.5 cm³/mol. The van der Waals surface area contributed by atoms with E-state index in [1.807, 2.05) is 0 Å². The zero-order valence-electron chi connectivity index (χ0n) is 8.97. The van der Waals surface area contributed by atoms with Crippen molar-refractivity contribution in [2.45, 2.75) is 6.42 Å². The second-order valence-corrected chi connectivity index (χ2v) is 3.34. The Morgan fingerprint density at radius 2 is 1.88 bits per heavy atom. The summed E-state index contributed by atoms with van der Waals surface area (Å²) < 4.78 is 0. The number of amides is 2. The van der Waals surface area contributed by atoms with Crippen LogP contribution in [0.4, 0.5) is 0 Å². The molecule has 0 saturated carbocycles. The number of aliphatic carboxylic acids is 1. The molecule has 6 heteroatoms. The Labute approximate surface area is 97.4 Å². The van der Waals surface area contributed by atoms with Gasteiger partial charge in [0.1, 0.15) is 0 Å². The molecule has 0 aliphatic heterocycles. The number of carbonyl (C=O) groups is 3. The van der Waals surface area contributed by atoms with E-state index >= 15 is 0 Å². The third-order valence-corrected chi connectivity index (χ3v) is 2.03. The van der Waals surface area contributed by atoms with Crippen molar-refractivity contribution in [1.29, 1.82) is 0 Å². The molecule has 0 aliphatic rings. The van der Waals surface area contributed by atoms with Crippen LogP contribution in [-0.4, -0.2) is 29.4 Å². The number of nitrogens with one attached hydrogen (secondary N) is 1. The van der Waals surface area contributed by atoms with Gasteiger partial charge >= 0.3 is 5.97 Å². The minimum absolute atomic E-state index is 0.0367. The quantitative estimate of drug-likeness (QED) is 0.667. The van der Waals surface area contributed by atoms with Crippen molar-refractivity contribution < 1.29 is 19.5 Å². The maximum Gasteiger partial charge on any atom is 0.305 e. The smallest absolute Gasteiger partial charge is 0.305 e. The number of carboxylic acids is 1. The van der Waals surface area contributed by atoms with Gasteiger partial charge in [0.05, 0.1) is 6.42 Å². The SMILES string of the molecule is NC(=O)c1cccc(C(=O)NCCC(=O)O)c1. The summed E-state index contributed by atoms with van der Waals surface area (Å²) in [6.07, 6.45) is -0.152. The van der Waals surface area contributed by atoms with Crippen molar-refractivity contribution >= 4 is 17.8 Å². The molecule has 0 unspecified atom stereocenters. The summed E-state index contributed by atoms with van der Waals surface area (Å²) in [6, 6.07) is 5.91. The number of rotatable bonds is 5. The molecule has 0 heterocycles. The lowest BCUT2D eigenvalue weighted by atomic mass is 10.1. The Hall–Kier alpha value is -2.37. The largest absolute Gasteiger partial charge is 0.481 e. The van der Waals surface area contributed by atoms with Gasteiger partial charge in [-0.1, -0.05) is 6.07 Å². The van der Waals surface area contributed by atoms with Gasteiger partial charge in [-0.2, -0.15) is 0 Å². The monoisotopic (exact) mass is 236 g/mol. The number of hydrogen-bond acceptors (Lipinski definition) is 3. The minimum Gasteiger partial charge on any atom is -0.481 e. The van der Waals surface area contributed by atoms with E-state index in [4.69, 9.17) is 10.8 Å². The second kappa shape index (κ2) is 5.64. The predicted octanol–water partition coefficient (Wildman–Crippen LogP) is -0.0100. The summed E-state index contributed by atoms with van der Waals surface area (Å²) in [5, 5.41) is 10.8. The van der Waals surface area contributed by atoms with Gasteiger partial charge in [0.15, 0.2) is 0 Å². The number of nitrogens with two attached hydrogens (primary N) is 1. The molecule has 6 nitrogen and oxygen atoms in total. The zero-order valence-corrected chi connectivity index (χ0v) is 8.97. The van der Waals surface area contributed by atoms with Crippen molar-refractivity contribution in [3.8, 4) is 0 Å². The van der Waals surface area contributed by atoms with Crippen molar-refractivity contribution in [1.82, 2.24) is 5.32 Å². The lowest BCUT2D eigenvalue weighted by molar-refractivity contribution is -0.136. The fourth-order valence-electron chi connectivity index (χ4n) is 1.20. The standard InChI is InChI=1S/C11H12N2O4/c12-10(16)7-2-1-3-8(6-7)11(17)13-5-4-9(14)15/h1-3,6H,4-5H2,(H2,12,16)(H,13,17)(H,14,15). The summed E-state index contributed by atoms with van der Waals surface area (Å²) in [5.41, 5.74) is 5.58. The summed E-state index contributed by atoms with van der Waals surface area (Å²) in [7, 11) is 0. The van der Waals surface area contributed by atoms with Crippen molar-refractivity contribution in [2.24, 2.45) is 5.73 Å². The molecule has 2 amide bonds. The van der Waals surface area contributed by atoms with Gasteiger partial charge < -0.3 is 16.2 Å². The Morgan fingerprint density at radius 1 is 1.24 bits per heavy atom.